The van der Waals surface area contributed by atoms with Crippen molar-refractivity contribution in [2.24, 2.45) is 0 Å². The van der Waals surface area contributed by atoms with Crippen molar-refractivity contribution in [3.63, 3.8) is 0 Å². The fourth-order valence-corrected chi connectivity index (χ4v) is 2.03. The second-order valence-corrected chi connectivity index (χ2v) is 5.74. The maximum absolute atomic E-state index is 12.2. The predicted molar refractivity (Wildman–Crippen MR) is 78.9 cm³/mol. The number of nitrogens with one attached hydrogen (secondary N) is 1. The topological polar surface area (TPSA) is 42.0 Å². The maximum Gasteiger partial charge on any atom is 0.251 e. The molecule has 19 heavy (non-hydrogen) atoms. The van der Waals surface area contributed by atoms with E-state index in [-0.39, 0.29) is 5.91 Å². The lowest BCUT2D eigenvalue weighted by molar-refractivity contribution is 0.0912. The molecule has 1 amide bonds. The van der Waals surface area contributed by atoms with Crippen LogP contribution in [0.25, 0.3) is 0 Å². The second-order valence-electron chi connectivity index (χ2n) is 4.83. The summed E-state index contributed by atoms with van der Waals surface area (Å²) in [6.07, 6.45) is 3.48. The Kier molecular flexibility index (Phi) is 4.00. The van der Waals surface area contributed by atoms with Crippen molar-refractivity contribution in [3.05, 3.63) is 64.4 Å². The van der Waals surface area contributed by atoms with E-state index in [0.717, 1.165) is 10.0 Å². The molecular formula is C15H15BrN2O. The Bertz CT molecular complexity index is 564. The molecule has 1 aromatic heterocycles. The Hall–Kier alpha value is -1.68. The van der Waals surface area contributed by atoms with Gasteiger partial charge in [-0.1, -0.05) is 22.0 Å². The van der Waals surface area contributed by atoms with Gasteiger partial charge in [0.05, 0.1) is 5.54 Å². The van der Waals surface area contributed by atoms with Crippen molar-refractivity contribution in [2.75, 3.05) is 0 Å². The number of rotatable bonds is 3. The zero-order valence-corrected chi connectivity index (χ0v) is 12.4. The van der Waals surface area contributed by atoms with Crippen molar-refractivity contribution in [2.45, 2.75) is 19.4 Å². The minimum atomic E-state index is -0.460. The molecule has 0 unspecified atom stereocenters. The molecule has 0 bridgehead atoms. The minimum absolute atomic E-state index is 0.0960. The molecule has 0 aliphatic rings. The highest BCUT2D eigenvalue weighted by Gasteiger charge is 2.23. The summed E-state index contributed by atoms with van der Waals surface area (Å²) < 4.78 is 0.954. The number of benzene rings is 1. The van der Waals surface area contributed by atoms with Gasteiger partial charge >= 0.3 is 0 Å². The number of hydrogen-bond donors (Lipinski definition) is 1. The number of pyridine rings is 1. The zero-order valence-electron chi connectivity index (χ0n) is 10.9. The molecule has 4 heteroatoms. The standard InChI is InChI=1S/C15H15BrN2O/c1-15(2,12-4-3-9-17-10-12)18-14(19)11-5-7-13(16)8-6-11/h3-10H,1-2H3,(H,18,19). The fourth-order valence-electron chi connectivity index (χ4n) is 1.76. The van der Waals surface area contributed by atoms with Gasteiger partial charge in [0.1, 0.15) is 0 Å². The van der Waals surface area contributed by atoms with Crippen LogP contribution >= 0.6 is 15.9 Å². The van der Waals surface area contributed by atoms with Crippen molar-refractivity contribution in [1.29, 1.82) is 0 Å². The molecule has 0 radical (unpaired) electrons. The van der Waals surface area contributed by atoms with E-state index in [2.05, 4.69) is 26.2 Å². The number of nitrogens with zero attached hydrogens (tertiary/aromatic N) is 1. The van der Waals surface area contributed by atoms with Crippen molar-refractivity contribution < 1.29 is 4.79 Å². The molecule has 0 atom stereocenters. The fraction of sp³-hybridized carbons (Fsp3) is 0.200. The van der Waals surface area contributed by atoms with Crippen LogP contribution in [-0.2, 0) is 5.54 Å². The van der Waals surface area contributed by atoms with Gasteiger partial charge < -0.3 is 5.32 Å². The van der Waals surface area contributed by atoms with Gasteiger partial charge in [0.2, 0.25) is 0 Å². The lowest BCUT2D eigenvalue weighted by Gasteiger charge is -2.26. The van der Waals surface area contributed by atoms with E-state index in [1.807, 2.05) is 38.1 Å². The molecule has 0 aliphatic carbocycles. The van der Waals surface area contributed by atoms with Gasteiger partial charge in [0, 0.05) is 22.4 Å². The highest BCUT2D eigenvalue weighted by atomic mass is 79.9. The predicted octanol–water partition coefficient (Wildman–Crippen LogP) is 3.51. The minimum Gasteiger partial charge on any atom is -0.343 e. The van der Waals surface area contributed by atoms with Crippen LogP contribution in [0.5, 0.6) is 0 Å². The van der Waals surface area contributed by atoms with E-state index >= 15 is 0 Å². The lowest BCUT2D eigenvalue weighted by atomic mass is 9.95. The molecule has 1 aromatic carbocycles. The van der Waals surface area contributed by atoms with Crippen LogP contribution in [0.4, 0.5) is 0 Å². The van der Waals surface area contributed by atoms with Crippen LogP contribution in [0.3, 0.4) is 0 Å². The Morgan fingerprint density at radius 3 is 2.47 bits per heavy atom. The quantitative estimate of drug-likeness (QED) is 0.941. The Morgan fingerprint density at radius 1 is 1.21 bits per heavy atom. The lowest BCUT2D eigenvalue weighted by Crippen LogP contribution is -2.41. The SMILES string of the molecule is CC(C)(NC(=O)c1ccc(Br)cc1)c1cccnc1. The van der Waals surface area contributed by atoms with Gasteiger partial charge in [0.25, 0.3) is 5.91 Å². The smallest absolute Gasteiger partial charge is 0.251 e. The molecule has 0 saturated heterocycles. The number of carbonyl (C=O) groups excluding carboxylic acids is 1. The molecule has 0 aliphatic heterocycles. The van der Waals surface area contributed by atoms with Crippen LogP contribution < -0.4 is 5.32 Å². The average Bonchev–Trinajstić information content (AvgIpc) is 2.40. The first kappa shape index (κ1) is 13.7. The summed E-state index contributed by atoms with van der Waals surface area (Å²) in [5.41, 5.74) is 1.15. The third kappa shape index (κ3) is 3.41. The Labute approximate surface area is 121 Å². The normalized spacial score (nSPS) is 11.1. The van der Waals surface area contributed by atoms with Gasteiger partial charge in [-0.05, 0) is 49.7 Å². The third-order valence-corrected chi connectivity index (χ3v) is 3.44. The van der Waals surface area contributed by atoms with Crippen LogP contribution in [0.2, 0.25) is 0 Å². The van der Waals surface area contributed by atoms with Crippen molar-refractivity contribution >= 4 is 21.8 Å². The molecule has 0 fully saturated rings. The highest BCUT2D eigenvalue weighted by Crippen LogP contribution is 2.19. The first-order valence-electron chi connectivity index (χ1n) is 5.97. The monoisotopic (exact) mass is 318 g/mol. The second kappa shape index (κ2) is 5.53. The third-order valence-electron chi connectivity index (χ3n) is 2.92. The molecule has 2 aromatic rings. The Balaban J connectivity index is 2.16. The number of aromatic nitrogens is 1. The largest absolute Gasteiger partial charge is 0.343 e. The van der Waals surface area contributed by atoms with Crippen molar-refractivity contribution in [1.82, 2.24) is 10.3 Å². The molecule has 2 rings (SSSR count). The molecule has 0 saturated carbocycles. The Morgan fingerprint density at radius 2 is 1.89 bits per heavy atom. The summed E-state index contributed by atoms with van der Waals surface area (Å²) in [6.45, 7) is 3.92. The number of halogens is 1. The van der Waals surface area contributed by atoms with Crippen molar-refractivity contribution in [3.8, 4) is 0 Å². The summed E-state index contributed by atoms with van der Waals surface area (Å²) >= 11 is 3.35. The van der Waals surface area contributed by atoms with Gasteiger partial charge in [-0.15, -0.1) is 0 Å². The summed E-state index contributed by atoms with van der Waals surface area (Å²) in [5.74, 6) is -0.0960. The van der Waals surface area contributed by atoms with Crippen LogP contribution in [0.15, 0.2) is 53.3 Å². The molecule has 98 valence electrons. The van der Waals surface area contributed by atoms with Crippen LogP contribution in [0.1, 0.15) is 29.8 Å². The zero-order chi connectivity index (χ0) is 13.9. The van der Waals surface area contributed by atoms with E-state index in [1.165, 1.54) is 0 Å². The van der Waals surface area contributed by atoms with Gasteiger partial charge in [0.15, 0.2) is 0 Å². The summed E-state index contributed by atoms with van der Waals surface area (Å²) in [5, 5.41) is 3.01. The van der Waals surface area contributed by atoms with Gasteiger partial charge in [-0.2, -0.15) is 0 Å². The first-order valence-corrected chi connectivity index (χ1v) is 6.77. The van der Waals surface area contributed by atoms with Crippen LogP contribution in [0, 0.1) is 0 Å². The molecular weight excluding hydrogens is 304 g/mol. The molecule has 3 nitrogen and oxygen atoms in total. The van der Waals surface area contributed by atoms with Gasteiger partial charge in [-0.25, -0.2) is 0 Å². The van der Waals surface area contributed by atoms with E-state index < -0.39 is 5.54 Å². The summed E-state index contributed by atoms with van der Waals surface area (Å²) in [6, 6.07) is 11.1. The van der Waals surface area contributed by atoms with E-state index in [0.29, 0.717) is 5.56 Å². The van der Waals surface area contributed by atoms with E-state index in [1.54, 1.807) is 24.5 Å². The van der Waals surface area contributed by atoms with Gasteiger partial charge in [-0.3, -0.25) is 9.78 Å². The number of carbonyl (C=O) groups is 1. The summed E-state index contributed by atoms with van der Waals surface area (Å²) in [4.78, 5) is 16.3. The van der Waals surface area contributed by atoms with Crippen LogP contribution in [-0.4, -0.2) is 10.9 Å². The first-order chi connectivity index (χ1) is 8.99. The molecule has 1 N–H and O–H groups in total. The maximum atomic E-state index is 12.2. The summed E-state index contributed by atoms with van der Waals surface area (Å²) in [7, 11) is 0. The molecule has 0 spiro atoms. The van der Waals surface area contributed by atoms with E-state index in [4.69, 9.17) is 0 Å². The molecule has 1 heterocycles. The number of hydrogen-bond acceptors (Lipinski definition) is 2. The van der Waals surface area contributed by atoms with E-state index in [9.17, 15) is 4.79 Å². The average molecular weight is 319 g/mol. The highest BCUT2D eigenvalue weighted by molar-refractivity contribution is 9.10. The number of amides is 1.